The van der Waals surface area contributed by atoms with Crippen molar-refractivity contribution >= 4 is 29.1 Å². The van der Waals surface area contributed by atoms with E-state index in [-0.39, 0.29) is 18.4 Å². The van der Waals surface area contributed by atoms with Gasteiger partial charge < -0.3 is 34.6 Å². The zero-order chi connectivity index (χ0) is 27.2. The number of anilines is 1. The third-order valence-electron chi connectivity index (χ3n) is 6.75. The number of oxazole rings is 1. The monoisotopic (exact) mass is 523 g/mol. The number of fused-ring (bicyclic) bond motifs is 1. The average Bonchev–Trinajstić information content (AvgIpc) is 3.31. The summed E-state index contributed by atoms with van der Waals surface area (Å²) in [5.41, 5.74) is 2.53. The number of amides is 2. The molecule has 10 nitrogen and oxygen atoms in total. The van der Waals surface area contributed by atoms with Gasteiger partial charge in [-0.05, 0) is 43.1 Å². The smallest absolute Gasteiger partial charge is 0.404 e. The van der Waals surface area contributed by atoms with Crippen molar-refractivity contribution in [2.45, 2.75) is 32.4 Å². The van der Waals surface area contributed by atoms with Gasteiger partial charge in [-0.25, -0.2) is 4.79 Å². The third kappa shape index (κ3) is 7.02. The van der Waals surface area contributed by atoms with E-state index in [1.54, 1.807) is 23.1 Å². The first-order valence-electron chi connectivity index (χ1n) is 13.0. The van der Waals surface area contributed by atoms with Crippen molar-refractivity contribution in [3.05, 3.63) is 59.7 Å². The van der Waals surface area contributed by atoms with Crippen LogP contribution in [0.5, 0.6) is 0 Å². The molecule has 2 aromatic carbocycles. The van der Waals surface area contributed by atoms with E-state index in [2.05, 4.69) is 27.1 Å². The molecule has 2 amide bonds. The molecule has 0 bridgehead atoms. The van der Waals surface area contributed by atoms with E-state index in [9.17, 15) is 19.8 Å². The molecule has 0 unspecified atom stereocenters. The van der Waals surface area contributed by atoms with Crippen molar-refractivity contribution < 1.29 is 24.2 Å². The van der Waals surface area contributed by atoms with Crippen LogP contribution in [0.25, 0.3) is 11.1 Å². The van der Waals surface area contributed by atoms with Crippen LogP contribution in [0.2, 0.25) is 0 Å². The van der Waals surface area contributed by atoms with Crippen LogP contribution in [-0.2, 0) is 6.42 Å². The second-order valence-corrected chi connectivity index (χ2v) is 10.4. The van der Waals surface area contributed by atoms with Crippen LogP contribution in [0.1, 0.15) is 29.8 Å². The Balaban J connectivity index is 1.52. The normalized spacial score (nSPS) is 16.0. The van der Waals surface area contributed by atoms with Crippen LogP contribution in [0, 0.1) is 5.92 Å². The van der Waals surface area contributed by atoms with E-state index >= 15 is 0 Å². The molecule has 0 spiro atoms. The maximum atomic E-state index is 13.6. The summed E-state index contributed by atoms with van der Waals surface area (Å²) in [5.74, 6) is -0.116. The van der Waals surface area contributed by atoms with Gasteiger partial charge in [-0.2, -0.15) is 4.98 Å². The Morgan fingerprint density at radius 2 is 1.79 bits per heavy atom. The van der Waals surface area contributed by atoms with Crippen molar-refractivity contribution in [2.75, 3.05) is 51.2 Å². The van der Waals surface area contributed by atoms with Crippen molar-refractivity contribution in [1.82, 2.24) is 20.1 Å². The number of rotatable bonds is 10. The molecule has 4 rings (SSSR count). The van der Waals surface area contributed by atoms with E-state index in [0.29, 0.717) is 35.6 Å². The van der Waals surface area contributed by atoms with Gasteiger partial charge in [-0.15, -0.1) is 0 Å². The minimum absolute atomic E-state index is 0.0181. The predicted octanol–water partition coefficient (Wildman–Crippen LogP) is 2.92. The standard InChI is InChI=1S/C28H37N5O5/c1-19(2)17-33(18-24(34)23(30-28(36)37)15-20-7-5-4-6-8-20)26(35)21-9-10-22-25(16-21)38-27(29-22)32-13-11-31(3)12-14-32/h4-10,16,19,23-24,30,34H,11-15,17-18H2,1-3H3,(H,36,37)/t23-,24+/m0/s1. The number of piperazine rings is 1. The number of carbonyl (C=O) groups excluding carboxylic acids is 1. The molecule has 2 heterocycles. The van der Waals surface area contributed by atoms with Crippen molar-refractivity contribution in [1.29, 1.82) is 0 Å². The fraction of sp³-hybridized carbons (Fsp3) is 0.464. The Bertz CT molecular complexity index is 1220. The minimum Gasteiger partial charge on any atom is -0.465 e. The second kappa shape index (κ2) is 12.3. The lowest BCUT2D eigenvalue weighted by Gasteiger charge is -2.31. The van der Waals surface area contributed by atoms with Crippen LogP contribution in [0.4, 0.5) is 10.8 Å². The maximum Gasteiger partial charge on any atom is 0.404 e. The number of aromatic nitrogens is 1. The first kappa shape index (κ1) is 27.4. The highest BCUT2D eigenvalue weighted by Crippen LogP contribution is 2.25. The van der Waals surface area contributed by atoms with Gasteiger partial charge in [0.1, 0.15) is 5.52 Å². The highest BCUT2D eigenvalue weighted by Gasteiger charge is 2.28. The Labute approximate surface area is 222 Å². The van der Waals surface area contributed by atoms with E-state index < -0.39 is 18.2 Å². The highest BCUT2D eigenvalue weighted by molar-refractivity contribution is 5.97. The summed E-state index contributed by atoms with van der Waals surface area (Å²) in [7, 11) is 2.09. The van der Waals surface area contributed by atoms with Gasteiger partial charge in [-0.3, -0.25) is 4.79 Å². The number of likely N-dealkylation sites (N-methyl/N-ethyl adjacent to an activating group) is 1. The van der Waals surface area contributed by atoms with Gasteiger partial charge in [-0.1, -0.05) is 44.2 Å². The Morgan fingerprint density at radius 1 is 1.08 bits per heavy atom. The van der Waals surface area contributed by atoms with Crippen molar-refractivity contribution in [2.24, 2.45) is 5.92 Å². The molecule has 1 aliphatic rings. The number of carbonyl (C=O) groups is 2. The molecule has 0 aliphatic carbocycles. The topological polar surface area (TPSA) is 122 Å². The molecule has 1 aromatic heterocycles. The Kier molecular flexibility index (Phi) is 8.85. The summed E-state index contributed by atoms with van der Waals surface area (Å²) in [4.78, 5) is 35.6. The summed E-state index contributed by atoms with van der Waals surface area (Å²) >= 11 is 0. The van der Waals surface area contributed by atoms with E-state index in [0.717, 1.165) is 31.7 Å². The number of aliphatic hydroxyl groups excluding tert-OH is 1. The molecule has 0 radical (unpaired) electrons. The molecule has 3 aromatic rings. The first-order valence-corrected chi connectivity index (χ1v) is 13.0. The fourth-order valence-corrected chi connectivity index (χ4v) is 4.71. The summed E-state index contributed by atoms with van der Waals surface area (Å²) in [6, 6.07) is 14.3. The number of nitrogens with zero attached hydrogens (tertiary/aromatic N) is 4. The number of benzene rings is 2. The van der Waals surface area contributed by atoms with Gasteiger partial charge in [0, 0.05) is 44.8 Å². The van der Waals surface area contributed by atoms with Crippen LogP contribution in [-0.4, -0.2) is 95.5 Å². The van der Waals surface area contributed by atoms with Gasteiger partial charge in [0.15, 0.2) is 5.58 Å². The molecule has 1 fully saturated rings. The van der Waals surface area contributed by atoms with Crippen LogP contribution in [0.3, 0.4) is 0 Å². The highest BCUT2D eigenvalue weighted by atomic mass is 16.4. The molecule has 204 valence electrons. The second-order valence-electron chi connectivity index (χ2n) is 10.4. The number of hydrogen-bond acceptors (Lipinski definition) is 7. The van der Waals surface area contributed by atoms with Crippen LogP contribution < -0.4 is 10.2 Å². The van der Waals surface area contributed by atoms with E-state index in [1.165, 1.54) is 0 Å². The molecule has 38 heavy (non-hydrogen) atoms. The van der Waals surface area contributed by atoms with Gasteiger partial charge in [0.25, 0.3) is 11.9 Å². The predicted molar refractivity (Wildman–Crippen MR) is 146 cm³/mol. The molecule has 0 saturated carbocycles. The Hall–Kier alpha value is -3.63. The van der Waals surface area contributed by atoms with E-state index in [4.69, 9.17) is 4.42 Å². The molecule has 10 heteroatoms. The zero-order valence-electron chi connectivity index (χ0n) is 22.2. The molecule has 1 saturated heterocycles. The minimum atomic E-state index is -1.22. The van der Waals surface area contributed by atoms with E-state index in [1.807, 2.05) is 44.2 Å². The lowest BCUT2D eigenvalue weighted by Crippen LogP contribution is -2.50. The largest absolute Gasteiger partial charge is 0.465 e. The van der Waals surface area contributed by atoms with Crippen LogP contribution >= 0.6 is 0 Å². The number of hydrogen-bond donors (Lipinski definition) is 3. The quantitative estimate of drug-likeness (QED) is 0.371. The molecule has 1 aliphatic heterocycles. The summed E-state index contributed by atoms with van der Waals surface area (Å²) in [6.45, 7) is 7.87. The molecule has 2 atom stereocenters. The molecule has 3 N–H and O–H groups in total. The Morgan fingerprint density at radius 3 is 2.45 bits per heavy atom. The lowest BCUT2D eigenvalue weighted by molar-refractivity contribution is 0.0509. The summed E-state index contributed by atoms with van der Waals surface area (Å²) in [5, 5.41) is 22.9. The maximum absolute atomic E-state index is 13.6. The first-order chi connectivity index (χ1) is 18.2. The van der Waals surface area contributed by atoms with Crippen LogP contribution in [0.15, 0.2) is 52.9 Å². The molecular formula is C28H37N5O5. The average molecular weight is 524 g/mol. The SMILES string of the molecule is CC(C)CN(C[C@@H](O)[C@H](Cc1ccccc1)NC(=O)O)C(=O)c1ccc2nc(N3CCN(C)CC3)oc2c1. The van der Waals surface area contributed by atoms with Gasteiger partial charge in [0.2, 0.25) is 0 Å². The van der Waals surface area contributed by atoms with Gasteiger partial charge >= 0.3 is 6.09 Å². The molecular weight excluding hydrogens is 486 g/mol. The van der Waals surface area contributed by atoms with Crippen molar-refractivity contribution in [3.8, 4) is 0 Å². The number of nitrogens with one attached hydrogen (secondary N) is 1. The number of carboxylic acid groups (broad SMARTS) is 1. The lowest BCUT2D eigenvalue weighted by atomic mass is 10.00. The zero-order valence-corrected chi connectivity index (χ0v) is 22.2. The fourth-order valence-electron chi connectivity index (χ4n) is 4.71. The van der Waals surface area contributed by atoms with Gasteiger partial charge in [0.05, 0.1) is 12.1 Å². The number of aliphatic hydroxyl groups is 1. The van der Waals surface area contributed by atoms with Crippen molar-refractivity contribution in [3.63, 3.8) is 0 Å². The summed E-state index contributed by atoms with van der Waals surface area (Å²) in [6.07, 6.45) is -2.03. The summed E-state index contributed by atoms with van der Waals surface area (Å²) < 4.78 is 6.02. The third-order valence-corrected chi connectivity index (χ3v) is 6.75.